The summed E-state index contributed by atoms with van der Waals surface area (Å²) < 4.78 is 39.8. The fraction of sp³-hybridized carbons (Fsp3) is 0.333. The Morgan fingerprint density at radius 3 is 2.56 bits per heavy atom. The molecule has 32 heavy (non-hydrogen) atoms. The van der Waals surface area contributed by atoms with Gasteiger partial charge in [0, 0.05) is 31.7 Å². The van der Waals surface area contributed by atoms with Crippen LogP contribution in [0.15, 0.2) is 51.7 Å². The van der Waals surface area contributed by atoms with Crippen LogP contribution in [0.3, 0.4) is 0 Å². The highest BCUT2D eigenvalue weighted by molar-refractivity contribution is 5.99. The molecule has 1 fully saturated rings. The van der Waals surface area contributed by atoms with Gasteiger partial charge < -0.3 is 14.1 Å². The maximum Gasteiger partial charge on any atom is 0.290 e. The van der Waals surface area contributed by atoms with E-state index in [-0.39, 0.29) is 27.9 Å². The number of morpholine rings is 1. The Labute approximate surface area is 183 Å². The zero-order valence-corrected chi connectivity index (χ0v) is 17.4. The predicted octanol–water partition coefficient (Wildman–Crippen LogP) is 3.34. The van der Waals surface area contributed by atoms with Crippen LogP contribution in [0, 0.1) is 11.6 Å². The minimum absolute atomic E-state index is 0.0352. The first-order valence-corrected chi connectivity index (χ1v) is 10.7. The number of hydrogen-bond donors (Lipinski definition) is 0. The van der Waals surface area contributed by atoms with Crippen molar-refractivity contribution < 1.29 is 22.7 Å². The molecule has 0 spiro atoms. The Bertz CT molecular complexity index is 1240. The predicted molar refractivity (Wildman–Crippen MR) is 114 cm³/mol. The van der Waals surface area contributed by atoms with Gasteiger partial charge in [-0.05, 0) is 30.7 Å². The molecule has 2 aliphatic rings. The van der Waals surface area contributed by atoms with Gasteiger partial charge in [-0.2, -0.15) is 0 Å². The fourth-order valence-electron chi connectivity index (χ4n) is 4.53. The van der Waals surface area contributed by atoms with Crippen LogP contribution >= 0.6 is 0 Å². The molecule has 1 aromatic heterocycles. The van der Waals surface area contributed by atoms with Gasteiger partial charge >= 0.3 is 0 Å². The zero-order chi connectivity index (χ0) is 22.2. The maximum atomic E-state index is 14.8. The van der Waals surface area contributed by atoms with Crippen LogP contribution in [-0.4, -0.2) is 55.1 Å². The van der Waals surface area contributed by atoms with Crippen molar-refractivity contribution in [1.82, 2.24) is 9.80 Å². The molecule has 0 radical (unpaired) electrons. The largest absolute Gasteiger partial charge is 0.450 e. The normalized spacial score (nSPS) is 19.0. The van der Waals surface area contributed by atoms with Crippen molar-refractivity contribution in [2.24, 2.45) is 0 Å². The van der Waals surface area contributed by atoms with E-state index >= 15 is 0 Å². The van der Waals surface area contributed by atoms with Crippen molar-refractivity contribution in [1.29, 1.82) is 0 Å². The molecule has 2 aliphatic heterocycles. The van der Waals surface area contributed by atoms with Crippen LogP contribution in [0.1, 0.15) is 34.1 Å². The summed E-state index contributed by atoms with van der Waals surface area (Å²) in [4.78, 5) is 30.4. The average Bonchev–Trinajstić information content (AvgIpc) is 3.07. The van der Waals surface area contributed by atoms with Gasteiger partial charge in [-0.1, -0.05) is 18.2 Å². The number of carbonyl (C=O) groups is 1. The lowest BCUT2D eigenvalue weighted by Gasteiger charge is -2.29. The number of amides is 1. The molecule has 3 aromatic rings. The van der Waals surface area contributed by atoms with E-state index in [1.54, 1.807) is 18.2 Å². The van der Waals surface area contributed by atoms with Crippen molar-refractivity contribution in [3.05, 3.63) is 81.2 Å². The van der Waals surface area contributed by atoms with E-state index in [1.165, 1.54) is 23.1 Å². The Balaban J connectivity index is 1.55. The summed E-state index contributed by atoms with van der Waals surface area (Å²) in [7, 11) is 0. The highest BCUT2D eigenvalue weighted by Crippen LogP contribution is 2.39. The van der Waals surface area contributed by atoms with Gasteiger partial charge in [0.1, 0.15) is 17.2 Å². The quantitative estimate of drug-likeness (QED) is 0.609. The molecule has 2 aromatic carbocycles. The fourth-order valence-corrected chi connectivity index (χ4v) is 4.53. The van der Waals surface area contributed by atoms with Gasteiger partial charge in [0.2, 0.25) is 5.76 Å². The zero-order valence-electron chi connectivity index (χ0n) is 17.4. The first kappa shape index (κ1) is 20.8. The van der Waals surface area contributed by atoms with Gasteiger partial charge in [0.25, 0.3) is 5.91 Å². The highest BCUT2D eigenvalue weighted by Gasteiger charge is 2.43. The second-order valence-corrected chi connectivity index (χ2v) is 8.04. The molecule has 0 N–H and O–H groups in total. The number of nitrogens with zero attached hydrogens (tertiary/aromatic N) is 2. The molecule has 8 heteroatoms. The number of rotatable bonds is 5. The standard InChI is InChI=1S/C24H22F2N2O4/c25-15-6-7-19-17(14-15)22(29)20-21(16-4-1-2-5-18(16)26)28(24(30)23(20)32-19)9-3-8-27-10-12-31-13-11-27/h1-2,4-7,14,21H,3,8-13H2/t21-/m0/s1. The summed E-state index contributed by atoms with van der Waals surface area (Å²) in [6, 6.07) is 8.74. The van der Waals surface area contributed by atoms with Gasteiger partial charge in [0.15, 0.2) is 5.43 Å². The summed E-state index contributed by atoms with van der Waals surface area (Å²) in [5, 5.41) is 0.0352. The number of ether oxygens (including phenoxy) is 1. The number of halogens is 2. The van der Waals surface area contributed by atoms with E-state index in [2.05, 4.69) is 4.90 Å². The van der Waals surface area contributed by atoms with Crippen LogP contribution in [0.2, 0.25) is 0 Å². The van der Waals surface area contributed by atoms with Crippen molar-refractivity contribution in [2.75, 3.05) is 39.4 Å². The van der Waals surface area contributed by atoms with Crippen LogP contribution in [0.5, 0.6) is 0 Å². The summed E-state index contributed by atoms with van der Waals surface area (Å²) in [6.07, 6.45) is 0.646. The molecule has 3 heterocycles. The number of hydrogen-bond acceptors (Lipinski definition) is 5. The van der Waals surface area contributed by atoms with Crippen LogP contribution in [-0.2, 0) is 4.74 Å². The van der Waals surface area contributed by atoms with Crippen molar-refractivity contribution >= 4 is 16.9 Å². The SMILES string of the molecule is O=C1c2oc3ccc(F)cc3c(=O)c2[C@H](c2ccccc2F)N1CCCN1CCOCC1. The maximum absolute atomic E-state index is 14.8. The molecular weight excluding hydrogens is 418 g/mol. The average molecular weight is 440 g/mol. The van der Waals surface area contributed by atoms with Crippen LogP contribution < -0.4 is 5.43 Å². The lowest BCUT2D eigenvalue weighted by molar-refractivity contribution is 0.0353. The molecule has 0 unspecified atom stereocenters. The van der Waals surface area contributed by atoms with Crippen molar-refractivity contribution in [3.8, 4) is 0 Å². The van der Waals surface area contributed by atoms with E-state index in [4.69, 9.17) is 9.15 Å². The molecular formula is C24H22F2N2O4. The summed E-state index contributed by atoms with van der Waals surface area (Å²) in [5.74, 6) is -1.67. The topological polar surface area (TPSA) is 63.0 Å². The first-order chi connectivity index (χ1) is 15.5. The Morgan fingerprint density at radius 2 is 1.78 bits per heavy atom. The Hall–Kier alpha value is -3.10. The molecule has 1 amide bonds. The number of carbonyl (C=O) groups excluding carboxylic acids is 1. The van der Waals surface area contributed by atoms with Crippen LogP contribution in [0.4, 0.5) is 8.78 Å². The Kier molecular flexibility index (Phi) is 5.48. The van der Waals surface area contributed by atoms with E-state index in [0.717, 1.165) is 25.7 Å². The number of benzene rings is 2. The molecule has 6 nitrogen and oxygen atoms in total. The molecule has 5 rings (SSSR count). The third-order valence-electron chi connectivity index (χ3n) is 6.10. The molecule has 0 saturated carbocycles. The second kappa shape index (κ2) is 8.44. The summed E-state index contributed by atoms with van der Waals surface area (Å²) in [6.45, 7) is 4.07. The summed E-state index contributed by atoms with van der Waals surface area (Å²) in [5.41, 5.74) is -0.109. The summed E-state index contributed by atoms with van der Waals surface area (Å²) >= 11 is 0. The van der Waals surface area contributed by atoms with E-state index in [9.17, 15) is 18.4 Å². The first-order valence-electron chi connectivity index (χ1n) is 10.7. The van der Waals surface area contributed by atoms with Crippen LogP contribution in [0.25, 0.3) is 11.0 Å². The van der Waals surface area contributed by atoms with E-state index in [0.29, 0.717) is 26.2 Å². The van der Waals surface area contributed by atoms with Gasteiger partial charge in [-0.15, -0.1) is 0 Å². The second-order valence-electron chi connectivity index (χ2n) is 8.04. The smallest absolute Gasteiger partial charge is 0.290 e. The molecule has 166 valence electrons. The van der Waals surface area contributed by atoms with E-state index in [1.807, 2.05) is 0 Å². The molecule has 1 saturated heterocycles. The van der Waals surface area contributed by atoms with Gasteiger partial charge in [0.05, 0.1) is 30.2 Å². The monoisotopic (exact) mass is 440 g/mol. The third kappa shape index (κ3) is 3.59. The van der Waals surface area contributed by atoms with Crippen molar-refractivity contribution in [2.45, 2.75) is 12.5 Å². The molecule has 1 atom stereocenters. The lowest BCUT2D eigenvalue weighted by atomic mass is 9.98. The number of fused-ring (bicyclic) bond motifs is 2. The minimum atomic E-state index is -0.924. The molecule has 0 bridgehead atoms. The highest BCUT2D eigenvalue weighted by atomic mass is 19.1. The third-order valence-corrected chi connectivity index (χ3v) is 6.10. The minimum Gasteiger partial charge on any atom is -0.450 e. The Morgan fingerprint density at radius 1 is 1.00 bits per heavy atom. The lowest BCUT2D eigenvalue weighted by Crippen LogP contribution is -2.39. The van der Waals surface area contributed by atoms with E-state index < -0.39 is 29.0 Å². The van der Waals surface area contributed by atoms with Crippen molar-refractivity contribution in [3.63, 3.8) is 0 Å². The molecule has 0 aliphatic carbocycles. The van der Waals surface area contributed by atoms with Gasteiger partial charge in [-0.25, -0.2) is 8.78 Å². The van der Waals surface area contributed by atoms with Gasteiger partial charge in [-0.3, -0.25) is 14.5 Å².